The lowest BCUT2D eigenvalue weighted by Gasteiger charge is -2.39. The van der Waals surface area contributed by atoms with Gasteiger partial charge in [-0.05, 0) is 25.7 Å². The first kappa shape index (κ1) is 19.9. The molecule has 0 aliphatic carbocycles. The van der Waals surface area contributed by atoms with Crippen LogP contribution in [0.4, 0.5) is 5.82 Å². The van der Waals surface area contributed by atoms with Gasteiger partial charge in [-0.25, -0.2) is 13.4 Å². The maximum Gasteiger partial charge on any atom is 0.248 e. The summed E-state index contributed by atoms with van der Waals surface area (Å²) in [4.78, 5) is 18.7. The second-order valence-electron chi connectivity index (χ2n) is 8.28. The van der Waals surface area contributed by atoms with Gasteiger partial charge < -0.3 is 15.7 Å². The number of rotatable bonds is 4. The number of amides is 1. The molecule has 164 valence electrons. The van der Waals surface area contributed by atoms with Gasteiger partial charge >= 0.3 is 0 Å². The molecule has 31 heavy (non-hydrogen) atoms. The van der Waals surface area contributed by atoms with Gasteiger partial charge in [-0.3, -0.25) is 9.89 Å². The minimum atomic E-state index is -3.69. The number of aliphatic hydroxyl groups excluding tert-OH is 1. The molecule has 12 heteroatoms. The number of hydrogen-bond acceptors (Lipinski definition) is 8. The number of nitrogens with zero attached hydrogens (tertiary/aromatic N) is 5. The molecule has 2 aliphatic heterocycles. The first-order valence-electron chi connectivity index (χ1n) is 10.1. The topological polar surface area (TPSA) is 160 Å². The van der Waals surface area contributed by atoms with E-state index in [9.17, 15) is 18.3 Å². The van der Waals surface area contributed by atoms with Crippen molar-refractivity contribution in [1.82, 2.24) is 29.7 Å². The molecule has 3 atom stereocenters. The smallest absolute Gasteiger partial charge is 0.248 e. The van der Waals surface area contributed by atoms with E-state index in [-0.39, 0.29) is 34.6 Å². The zero-order valence-electron chi connectivity index (χ0n) is 16.9. The third-order valence-electron chi connectivity index (χ3n) is 6.39. The Morgan fingerprint density at radius 2 is 2.00 bits per heavy atom. The Morgan fingerprint density at radius 3 is 2.58 bits per heavy atom. The molecule has 0 spiro atoms. The van der Waals surface area contributed by atoms with Crippen LogP contribution in [0.15, 0.2) is 23.5 Å². The van der Waals surface area contributed by atoms with E-state index in [0.29, 0.717) is 29.7 Å². The first-order chi connectivity index (χ1) is 14.8. The van der Waals surface area contributed by atoms with Crippen molar-refractivity contribution >= 4 is 27.2 Å². The van der Waals surface area contributed by atoms with Gasteiger partial charge in [-0.1, -0.05) is 0 Å². The highest BCUT2D eigenvalue weighted by molar-refractivity contribution is 7.91. The van der Waals surface area contributed by atoms with Crippen molar-refractivity contribution in [3.63, 3.8) is 0 Å². The molecule has 5 heterocycles. The van der Waals surface area contributed by atoms with Crippen LogP contribution in [-0.2, 0) is 14.6 Å². The number of piperidine rings is 1. The van der Waals surface area contributed by atoms with Crippen molar-refractivity contribution in [2.45, 2.75) is 48.6 Å². The molecule has 11 nitrogen and oxygen atoms in total. The fourth-order valence-corrected chi connectivity index (χ4v) is 6.22. The van der Waals surface area contributed by atoms with Crippen molar-refractivity contribution in [3.05, 3.63) is 24.3 Å². The number of carbonyl (C=O) groups excluding carboxylic acids is 1. The van der Waals surface area contributed by atoms with Crippen LogP contribution in [0.1, 0.15) is 37.3 Å². The average molecular weight is 446 g/mol. The van der Waals surface area contributed by atoms with Crippen molar-refractivity contribution in [3.8, 4) is 11.1 Å². The second-order valence-corrected chi connectivity index (χ2v) is 10.2. The summed E-state index contributed by atoms with van der Waals surface area (Å²) >= 11 is 0. The molecule has 2 fully saturated rings. The molecule has 0 aromatic carbocycles. The van der Waals surface area contributed by atoms with E-state index in [1.807, 2.05) is 0 Å². The normalized spacial score (nSPS) is 23.5. The molecule has 2 saturated heterocycles. The predicted octanol–water partition coefficient (Wildman–Crippen LogP) is 0.334. The highest BCUT2D eigenvalue weighted by atomic mass is 32.2. The molecule has 0 unspecified atom stereocenters. The number of aromatic amines is 1. The minimum Gasteiger partial charge on any atom is -0.387 e. The number of sulfone groups is 1. The third kappa shape index (κ3) is 3.08. The second kappa shape index (κ2) is 7.02. The highest BCUT2D eigenvalue weighted by Gasteiger charge is 2.45. The molecule has 3 aromatic rings. The molecule has 5 rings (SSSR count). The molecular weight excluding hydrogens is 422 g/mol. The molecule has 0 saturated carbocycles. The summed E-state index contributed by atoms with van der Waals surface area (Å²) in [7, 11) is -3.69. The van der Waals surface area contributed by atoms with Gasteiger partial charge in [-0.2, -0.15) is 14.7 Å². The van der Waals surface area contributed by atoms with Gasteiger partial charge in [0.2, 0.25) is 5.91 Å². The Kier molecular flexibility index (Phi) is 4.52. The zero-order chi connectivity index (χ0) is 21.9. The Morgan fingerprint density at radius 1 is 1.29 bits per heavy atom. The van der Waals surface area contributed by atoms with Crippen molar-refractivity contribution in [2.24, 2.45) is 0 Å². The Hall–Kier alpha value is -2.99. The van der Waals surface area contributed by atoms with Crippen LogP contribution in [-0.4, -0.2) is 74.1 Å². The van der Waals surface area contributed by atoms with Gasteiger partial charge in [0.1, 0.15) is 17.3 Å². The molecule has 2 bridgehead atoms. The summed E-state index contributed by atoms with van der Waals surface area (Å²) in [5.74, 6) is -0.432. The lowest BCUT2D eigenvalue weighted by Crippen LogP contribution is -2.47. The van der Waals surface area contributed by atoms with Gasteiger partial charge in [0.25, 0.3) is 0 Å². The van der Waals surface area contributed by atoms with Crippen molar-refractivity contribution in [2.75, 3.05) is 18.6 Å². The minimum absolute atomic E-state index is 0.00632. The maximum atomic E-state index is 12.7. The quantitative estimate of drug-likeness (QED) is 0.518. The van der Waals surface area contributed by atoms with Crippen LogP contribution in [0.5, 0.6) is 0 Å². The van der Waals surface area contributed by atoms with E-state index in [2.05, 4.69) is 15.3 Å². The van der Waals surface area contributed by atoms with Crippen LogP contribution in [0.2, 0.25) is 0 Å². The molecule has 3 aromatic heterocycles. The first-order valence-corrected chi connectivity index (χ1v) is 12.0. The number of anilines is 1. The predicted molar refractivity (Wildman–Crippen MR) is 111 cm³/mol. The van der Waals surface area contributed by atoms with Gasteiger partial charge in [0.05, 0.1) is 18.1 Å². The Labute approximate surface area is 178 Å². The number of aliphatic hydroxyl groups is 1. The van der Waals surface area contributed by atoms with Gasteiger partial charge in [-0.15, -0.1) is 0 Å². The SMILES string of the molecule is CS(=O)(=O)c1c([C@@H]2C[C@H]3CC[C@@H](C2)N3C(=O)CO)nc2c(-c3cn[nH]c3)cnn2c1N. The van der Waals surface area contributed by atoms with E-state index in [0.717, 1.165) is 24.7 Å². The van der Waals surface area contributed by atoms with Crippen LogP contribution >= 0.6 is 0 Å². The summed E-state index contributed by atoms with van der Waals surface area (Å²) in [6, 6.07) is -0.0957. The molecular formula is C19H23N7O4S. The summed E-state index contributed by atoms with van der Waals surface area (Å²) < 4.78 is 26.8. The Balaban J connectivity index is 1.66. The van der Waals surface area contributed by atoms with Gasteiger partial charge in [0, 0.05) is 41.6 Å². The van der Waals surface area contributed by atoms with Gasteiger partial charge in [0.15, 0.2) is 15.5 Å². The number of nitrogens with two attached hydrogens (primary N) is 1. The lowest BCUT2D eigenvalue weighted by molar-refractivity contribution is -0.138. The summed E-state index contributed by atoms with van der Waals surface area (Å²) in [6.07, 6.45) is 8.85. The number of nitrogen functional groups attached to an aromatic ring is 1. The number of nitrogens with one attached hydrogen (secondary N) is 1. The van der Waals surface area contributed by atoms with Crippen molar-refractivity contribution in [1.29, 1.82) is 0 Å². The van der Waals surface area contributed by atoms with Crippen LogP contribution in [0.3, 0.4) is 0 Å². The van der Waals surface area contributed by atoms with E-state index >= 15 is 0 Å². The maximum absolute atomic E-state index is 12.7. The van der Waals surface area contributed by atoms with E-state index < -0.39 is 16.4 Å². The standard InChI is InChI=1S/C19H23N7O4S/c1-31(29,30)17-16(10-4-12-2-3-13(5-10)25(12)15(28)9-27)24-19-14(11-6-21-22-7-11)8-23-26(19)18(17)20/h6-8,10,12-13,27H,2-5,9,20H2,1H3,(H,21,22)/t10-,12-,13+. The van der Waals surface area contributed by atoms with Crippen LogP contribution in [0, 0.1) is 0 Å². The van der Waals surface area contributed by atoms with E-state index in [4.69, 9.17) is 10.7 Å². The number of carbonyl (C=O) groups is 1. The average Bonchev–Trinajstić information content (AvgIpc) is 3.44. The highest BCUT2D eigenvalue weighted by Crippen LogP contribution is 2.45. The molecule has 2 aliphatic rings. The number of aromatic nitrogens is 5. The summed E-state index contributed by atoms with van der Waals surface area (Å²) in [5, 5.41) is 20.3. The molecule has 1 amide bonds. The number of fused-ring (bicyclic) bond motifs is 3. The Bertz CT molecular complexity index is 1250. The number of H-pyrrole nitrogens is 1. The van der Waals surface area contributed by atoms with E-state index in [1.54, 1.807) is 23.5 Å². The fourth-order valence-electron chi connectivity index (χ4n) is 5.17. The van der Waals surface area contributed by atoms with Crippen LogP contribution < -0.4 is 5.73 Å². The fraction of sp³-hybridized carbons (Fsp3) is 0.474. The monoisotopic (exact) mass is 445 g/mol. The third-order valence-corrected chi connectivity index (χ3v) is 7.55. The lowest BCUT2D eigenvalue weighted by atomic mass is 9.87. The largest absolute Gasteiger partial charge is 0.387 e. The van der Waals surface area contributed by atoms with Crippen molar-refractivity contribution < 1.29 is 18.3 Å². The molecule has 4 N–H and O–H groups in total. The summed E-state index contributed by atoms with van der Waals surface area (Å²) in [5.41, 5.74) is 8.66. The summed E-state index contributed by atoms with van der Waals surface area (Å²) in [6.45, 7) is -0.521. The molecule has 0 radical (unpaired) electrons. The number of hydrogen-bond donors (Lipinski definition) is 3. The van der Waals surface area contributed by atoms with Crippen LogP contribution in [0.25, 0.3) is 16.8 Å². The zero-order valence-corrected chi connectivity index (χ0v) is 17.7. The van der Waals surface area contributed by atoms with E-state index in [1.165, 1.54) is 4.52 Å².